The van der Waals surface area contributed by atoms with Crippen molar-refractivity contribution in [3.8, 4) is 5.75 Å². The van der Waals surface area contributed by atoms with Gasteiger partial charge in [0.2, 0.25) is 0 Å². The van der Waals surface area contributed by atoms with Crippen LogP contribution in [-0.4, -0.2) is 24.9 Å². The van der Waals surface area contributed by atoms with E-state index in [1.807, 2.05) is 25.1 Å². The number of rotatable bonds is 7. The van der Waals surface area contributed by atoms with Crippen LogP contribution in [0.1, 0.15) is 20.3 Å². The summed E-state index contributed by atoms with van der Waals surface area (Å²) in [4.78, 5) is 0. The monoisotopic (exact) mass is 238 g/mol. The first-order chi connectivity index (χ1) is 8.15. The summed E-state index contributed by atoms with van der Waals surface area (Å²) in [6, 6.07) is 5.61. The Morgan fingerprint density at radius 2 is 2.18 bits per heavy atom. The summed E-state index contributed by atoms with van der Waals surface area (Å²) in [5, 5.41) is 12.2. The number of nitrogen functional groups attached to an aromatic ring is 1. The third kappa shape index (κ3) is 4.95. The summed E-state index contributed by atoms with van der Waals surface area (Å²) in [5.74, 6) is 1.00. The summed E-state index contributed by atoms with van der Waals surface area (Å²) in [6.45, 7) is 5.62. The molecule has 1 rings (SSSR count). The SMILES string of the molecule is CCCOc1cc(N)cc(NCC(C)CO)c1. The fraction of sp³-hybridized carbons (Fsp3) is 0.538. The zero-order valence-corrected chi connectivity index (χ0v) is 10.6. The van der Waals surface area contributed by atoms with Crippen LogP contribution in [0.3, 0.4) is 0 Å². The number of nitrogens with one attached hydrogen (secondary N) is 1. The minimum Gasteiger partial charge on any atom is -0.493 e. The van der Waals surface area contributed by atoms with Gasteiger partial charge < -0.3 is 20.9 Å². The molecule has 1 unspecified atom stereocenters. The molecule has 0 saturated heterocycles. The van der Waals surface area contributed by atoms with E-state index in [2.05, 4.69) is 12.2 Å². The van der Waals surface area contributed by atoms with Crippen molar-refractivity contribution in [3.63, 3.8) is 0 Å². The van der Waals surface area contributed by atoms with Crippen LogP contribution >= 0.6 is 0 Å². The third-order valence-corrected chi connectivity index (χ3v) is 2.37. The molecule has 0 heterocycles. The van der Waals surface area contributed by atoms with Gasteiger partial charge in [0, 0.05) is 36.7 Å². The summed E-state index contributed by atoms with van der Waals surface area (Å²) < 4.78 is 5.54. The van der Waals surface area contributed by atoms with Crippen LogP contribution in [0.15, 0.2) is 18.2 Å². The first kappa shape index (κ1) is 13.6. The van der Waals surface area contributed by atoms with E-state index in [1.54, 1.807) is 0 Å². The number of aliphatic hydroxyl groups is 1. The van der Waals surface area contributed by atoms with Crippen LogP contribution in [0.2, 0.25) is 0 Å². The summed E-state index contributed by atoms with van der Waals surface area (Å²) in [6.07, 6.45) is 0.971. The molecule has 1 aromatic rings. The number of ether oxygens (including phenoxy) is 1. The second kappa shape index (κ2) is 7.01. The smallest absolute Gasteiger partial charge is 0.123 e. The molecule has 96 valence electrons. The summed E-state index contributed by atoms with van der Waals surface area (Å²) in [5.41, 5.74) is 7.41. The van der Waals surface area contributed by atoms with Crippen molar-refractivity contribution >= 4 is 11.4 Å². The van der Waals surface area contributed by atoms with E-state index >= 15 is 0 Å². The molecule has 0 fully saturated rings. The van der Waals surface area contributed by atoms with Crippen molar-refractivity contribution in [2.45, 2.75) is 20.3 Å². The number of hydrogen-bond acceptors (Lipinski definition) is 4. The Bertz CT molecular complexity index is 342. The van der Waals surface area contributed by atoms with Gasteiger partial charge in [0.05, 0.1) is 6.61 Å². The largest absolute Gasteiger partial charge is 0.493 e. The van der Waals surface area contributed by atoms with Crippen LogP contribution < -0.4 is 15.8 Å². The Balaban J connectivity index is 2.61. The molecule has 0 radical (unpaired) electrons. The number of nitrogens with two attached hydrogens (primary N) is 1. The van der Waals surface area contributed by atoms with Gasteiger partial charge >= 0.3 is 0 Å². The fourth-order valence-corrected chi connectivity index (χ4v) is 1.38. The molecule has 0 saturated carbocycles. The highest BCUT2D eigenvalue weighted by atomic mass is 16.5. The minimum absolute atomic E-state index is 0.175. The van der Waals surface area contributed by atoms with Gasteiger partial charge in [0.1, 0.15) is 5.75 Å². The highest BCUT2D eigenvalue weighted by Gasteiger charge is 2.02. The van der Waals surface area contributed by atoms with E-state index in [-0.39, 0.29) is 12.5 Å². The lowest BCUT2D eigenvalue weighted by Crippen LogP contribution is -2.14. The van der Waals surface area contributed by atoms with E-state index in [9.17, 15) is 0 Å². The van der Waals surface area contributed by atoms with Gasteiger partial charge in [-0.05, 0) is 18.4 Å². The number of aliphatic hydroxyl groups excluding tert-OH is 1. The Labute approximate surface area is 103 Å². The zero-order valence-electron chi connectivity index (χ0n) is 10.6. The van der Waals surface area contributed by atoms with Gasteiger partial charge in [-0.2, -0.15) is 0 Å². The van der Waals surface area contributed by atoms with Gasteiger partial charge in [-0.1, -0.05) is 13.8 Å². The normalized spacial score (nSPS) is 12.2. The van der Waals surface area contributed by atoms with Crippen molar-refractivity contribution in [1.29, 1.82) is 0 Å². The van der Waals surface area contributed by atoms with Crippen molar-refractivity contribution < 1.29 is 9.84 Å². The maximum Gasteiger partial charge on any atom is 0.123 e. The quantitative estimate of drug-likeness (QED) is 0.636. The van der Waals surface area contributed by atoms with Crippen molar-refractivity contribution in [2.75, 3.05) is 30.8 Å². The number of anilines is 2. The molecule has 0 spiro atoms. The van der Waals surface area contributed by atoms with Crippen molar-refractivity contribution in [1.82, 2.24) is 0 Å². The lowest BCUT2D eigenvalue weighted by molar-refractivity contribution is 0.244. The van der Waals surface area contributed by atoms with E-state index in [0.717, 1.165) is 17.9 Å². The molecule has 0 aliphatic rings. The van der Waals surface area contributed by atoms with Crippen molar-refractivity contribution in [2.24, 2.45) is 5.92 Å². The molecular weight excluding hydrogens is 216 g/mol. The molecule has 0 amide bonds. The Hall–Kier alpha value is -1.42. The third-order valence-electron chi connectivity index (χ3n) is 2.37. The molecule has 0 bridgehead atoms. The minimum atomic E-state index is 0.175. The molecule has 4 nitrogen and oxygen atoms in total. The zero-order chi connectivity index (χ0) is 12.7. The summed E-state index contributed by atoms with van der Waals surface area (Å²) in [7, 11) is 0. The maximum atomic E-state index is 8.95. The Morgan fingerprint density at radius 3 is 2.82 bits per heavy atom. The van der Waals surface area contributed by atoms with Crippen molar-refractivity contribution in [3.05, 3.63) is 18.2 Å². The molecule has 0 aliphatic heterocycles. The lowest BCUT2D eigenvalue weighted by Gasteiger charge is -2.13. The second-order valence-electron chi connectivity index (χ2n) is 4.31. The molecule has 0 aliphatic carbocycles. The summed E-state index contributed by atoms with van der Waals surface area (Å²) >= 11 is 0. The highest BCUT2D eigenvalue weighted by Crippen LogP contribution is 2.22. The molecule has 4 N–H and O–H groups in total. The predicted octanol–water partition coefficient (Wildman–Crippen LogP) is 2.10. The van der Waals surface area contributed by atoms with E-state index < -0.39 is 0 Å². The van der Waals surface area contributed by atoms with Crippen LogP contribution in [0, 0.1) is 5.92 Å². The average Bonchev–Trinajstić information content (AvgIpc) is 2.32. The van der Waals surface area contributed by atoms with Gasteiger partial charge in [-0.25, -0.2) is 0 Å². The van der Waals surface area contributed by atoms with Crippen LogP contribution in [-0.2, 0) is 0 Å². The average molecular weight is 238 g/mol. The molecule has 0 aromatic heterocycles. The molecule has 1 atom stereocenters. The first-order valence-electron chi connectivity index (χ1n) is 6.03. The van der Waals surface area contributed by atoms with E-state index in [0.29, 0.717) is 18.8 Å². The second-order valence-corrected chi connectivity index (χ2v) is 4.31. The fourth-order valence-electron chi connectivity index (χ4n) is 1.38. The highest BCUT2D eigenvalue weighted by molar-refractivity contribution is 5.59. The van der Waals surface area contributed by atoms with Gasteiger partial charge in [0.25, 0.3) is 0 Å². The molecular formula is C13H22N2O2. The molecule has 1 aromatic carbocycles. The Kier molecular flexibility index (Phi) is 5.63. The van der Waals surface area contributed by atoms with E-state index in [1.165, 1.54) is 0 Å². The molecule has 4 heteroatoms. The topological polar surface area (TPSA) is 67.5 Å². The first-order valence-corrected chi connectivity index (χ1v) is 6.03. The van der Waals surface area contributed by atoms with Crippen LogP contribution in [0.5, 0.6) is 5.75 Å². The van der Waals surface area contributed by atoms with Gasteiger partial charge in [0.15, 0.2) is 0 Å². The lowest BCUT2D eigenvalue weighted by atomic mass is 10.2. The van der Waals surface area contributed by atoms with Gasteiger partial charge in [-0.15, -0.1) is 0 Å². The predicted molar refractivity (Wildman–Crippen MR) is 71.4 cm³/mol. The molecule has 17 heavy (non-hydrogen) atoms. The number of hydrogen-bond donors (Lipinski definition) is 3. The Morgan fingerprint density at radius 1 is 1.41 bits per heavy atom. The van der Waals surface area contributed by atoms with Gasteiger partial charge in [-0.3, -0.25) is 0 Å². The van der Waals surface area contributed by atoms with E-state index in [4.69, 9.17) is 15.6 Å². The maximum absolute atomic E-state index is 8.95. The van der Waals surface area contributed by atoms with Crippen LogP contribution in [0.4, 0.5) is 11.4 Å². The standard InChI is InChI=1S/C13H22N2O2/c1-3-4-17-13-6-11(14)5-12(7-13)15-8-10(2)9-16/h5-7,10,15-16H,3-4,8-9,14H2,1-2H3. The number of benzene rings is 1. The van der Waals surface area contributed by atoms with Crippen LogP contribution in [0.25, 0.3) is 0 Å².